The zero-order valence-corrected chi connectivity index (χ0v) is 17.4. The van der Waals surface area contributed by atoms with Gasteiger partial charge in [-0.15, -0.1) is 0 Å². The van der Waals surface area contributed by atoms with Crippen LogP contribution in [-0.2, 0) is 20.9 Å². The van der Waals surface area contributed by atoms with Gasteiger partial charge in [0.2, 0.25) is 11.8 Å². The normalized spacial score (nSPS) is 14.4. The lowest BCUT2D eigenvalue weighted by Crippen LogP contribution is -2.46. The number of nitrogens with zero attached hydrogens (tertiary/aromatic N) is 1. The van der Waals surface area contributed by atoms with Crippen molar-refractivity contribution < 1.29 is 19.1 Å². The molecule has 0 unspecified atom stereocenters. The number of nitrogens with two attached hydrogens (primary N) is 1. The standard InChI is InChI=1S/C23H28N4O4/c24-21(28)15-20(26-23(30)31-16-17-7-3-1-4-8-17)22(29)25-18-9-11-19(12-10-18)27-13-5-2-6-14-27/h1,3-4,7-12,20H,2,5-6,13-16H2,(H2,24,28)(H,25,29)(H,26,30)/t20-/m0/s1. The number of carbonyl (C=O) groups is 3. The van der Waals surface area contributed by atoms with E-state index in [1.165, 1.54) is 19.3 Å². The molecule has 0 aliphatic carbocycles. The topological polar surface area (TPSA) is 114 Å². The maximum Gasteiger partial charge on any atom is 0.408 e. The van der Waals surface area contributed by atoms with Crippen LogP contribution in [0.3, 0.4) is 0 Å². The van der Waals surface area contributed by atoms with Gasteiger partial charge in [0.15, 0.2) is 0 Å². The first-order valence-corrected chi connectivity index (χ1v) is 10.4. The molecule has 1 atom stereocenters. The molecule has 0 saturated carbocycles. The molecular formula is C23H28N4O4. The molecule has 0 radical (unpaired) electrons. The van der Waals surface area contributed by atoms with Crippen LogP contribution in [-0.4, -0.2) is 37.0 Å². The monoisotopic (exact) mass is 424 g/mol. The fraction of sp³-hybridized carbons (Fsp3) is 0.348. The highest BCUT2D eigenvalue weighted by Crippen LogP contribution is 2.22. The molecule has 3 amide bonds. The average Bonchev–Trinajstić information content (AvgIpc) is 2.79. The van der Waals surface area contributed by atoms with E-state index in [0.717, 1.165) is 24.3 Å². The van der Waals surface area contributed by atoms with E-state index in [1.54, 1.807) is 12.1 Å². The molecule has 1 saturated heterocycles. The molecule has 164 valence electrons. The zero-order valence-electron chi connectivity index (χ0n) is 17.4. The summed E-state index contributed by atoms with van der Waals surface area (Å²) in [6.07, 6.45) is 2.48. The number of alkyl carbamates (subject to hydrolysis) is 1. The largest absolute Gasteiger partial charge is 0.445 e. The third-order valence-electron chi connectivity index (χ3n) is 5.08. The number of nitrogens with one attached hydrogen (secondary N) is 2. The van der Waals surface area contributed by atoms with Gasteiger partial charge in [0.1, 0.15) is 12.6 Å². The van der Waals surface area contributed by atoms with Crippen molar-refractivity contribution in [1.82, 2.24) is 5.32 Å². The van der Waals surface area contributed by atoms with Crippen molar-refractivity contribution in [2.45, 2.75) is 38.3 Å². The summed E-state index contributed by atoms with van der Waals surface area (Å²) in [7, 11) is 0. The number of carbonyl (C=O) groups excluding carboxylic acids is 3. The molecule has 8 heteroatoms. The van der Waals surface area contributed by atoms with E-state index in [4.69, 9.17) is 10.5 Å². The van der Waals surface area contributed by atoms with Gasteiger partial charge in [-0.3, -0.25) is 9.59 Å². The summed E-state index contributed by atoms with van der Waals surface area (Å²) in [4.78, 5) is 38.5. The number of hydrogen-bond acceptors (Lipinski definition) is 5. The molecule has 8 nitrogen and oxygen atoms in total. The number of ether oxygens (including phenoxy) is 1. The van der Waals surface area contributed by atoms with E-state index < -0.39 is 23.9 Å². The second kappa shape index (κ2) is 11.0. The minimum absolute atomic E-state index is 0.0511. The Kier molecular flexibility index (Phi) is 7.86. The van der Waals surface area contributed by atoms with E-state index in [-0.39, 0.29) is 13.0 Å². The minimum atomic E-state index is -1.14. The molecule has 1 aliphatic rings. The van der Waals surface area contributed by atoms with Crippen LogP contribution >= 0.6 is 0 Å². The van der Waals surface area contributed by atoms with E-state index >= 15 is 0 Å². The van der Waals surface area contributed by atoms with Crippen LogP contribution in [0.25, 0.3) is 0 Å². The molecule has 31 heavy (non-hydrogen) atoms. The van der Waals surface area contributed by atoms with Gasteiger partial charge in [-0.05, 0) is 49.1 Å². The van der Waals surface area contributed by atoms with Gasteiger partial charge < -0.3 is 26.0 Å². The highest BCUT2D eigenvalue weighted by atomic mass is 16.5. The SMILES string of the molecule is NC(=O)C[C@H](NC(=O)OCc1ccccc1)C(=O)Nc1ccc(N2CCCCC2)cc1. The number of hydrogen-bond donors (Lipinski definition) is 3. The van der Waals surface area contributed by atoms with Gasteiger partial charge in [0.05, 0.1) is 6.42 Å². The van der Waals surface area contributed by atoms with Gasteiger partial charge in [-0.1, -0.05) is 30.3 Å². The first-order valence-electron chi connectivity index (χ1n) is 10.4. The average molecular weight is 425 g/mol. The van der Waals surface area contributed by atoms with Crippen molar-refractivity contribution in [2.75, 3.05) is 23.3 Å². The molecule has 1 aliphatic heterocycles. The highest BCUT2D eigenvalue weighted by molar-refractivity contribution is 5.99. The Morgan fingerprint density at radius 2 is 1.65 bits per heavy atom. The number of amides is 3. The van der Waals surface area contributed by atoms with Crippen molar-refractivity contribution in [3.05, 3.63) is 60.2 Å². The Morgan fingerprint density at radius 3 is 2.29 bits per heavy atom. The van der Waals surface area contributed by atoms with Crippen LogP contribution in [0.5, 0.6) is 0 Å². The second-order valence-electron chi connectivity index (χ2n) is 7.51. The Bertz CT molecular complexity index is 880. The summed E-state index contributed by atoms with van der Waals surface area (Å²) in [5.41, 5.74) is 7.73. The van der Waals surface area contributed by atoms with Crippen molar-refractivity contribution in [2.24, 2.45) is 5.73 Å². The van der Waals surface area contributed by atoms with Crippen LogP contribution in [0.4, 0.5) is 16.2 Å². The Hall–Kier alpha value is -3.55. The Morgan fingerprint density at radius 1 is 0.968 bits per heavy atom. The van der Waals surface area contributed by atoms with Crippen LogP contribution < -0.4 is 21.3 Å². The fourth-order valence-electron chi connectivity index (χ4n) is 3.45. The van der Waals surface area contributed by atoms with Crippen LogP contribution in [0.1, 0.15) is 31.2 Å². The lowest BCUT2D eigenvalue weighted by Gasteiger charge is -2.28. The van der Waals surface area contributed by atoms with Crippen LogP contribution in [0, 0.1) is 0 Å². The number of anilines is 2. The molecule has 0 bridgehead atoms. The highest BCUT2D eigenvalue weighted by Gasteiger charge is 2.24. The molecule has 0 aromatic heterocycles. The van der Waals surface area contributed by atoms with Gasteiger partial charge in [0, 0.05) is 24.5 Å². The summed E-state index contributed by atoms with van der Waals surface area (Å²) in [5.74, 6) is -1.25. The van der Waals surface area contributed by atoms with Crippen molar-refractivity contribution >= 4 is 29.3 Å². The molecule has 0 spiro atoms. The summed E-state index contributed by atoms with van der Waals surface area (Å²) < 4.78 is 5.14. The van der Waals surface area contributed by atoms with Gasteiger partial charge in [-0.2, -0.15) is 0 Å². The summed E-state index contributed by atoms with van der Waals surface area (Å²) in [6.45, 7) is 2.11. The van der Waals surface area contributed by atoms with Gasteiger partial charge in [0.25, 0.3) is 0 Å². The van der Waals surface area contributed by atoms with E-state index in [9.17, 15) is 14.4 Å². The smallest absolute Gasteiger partial charge is 0.408 e. The molecule has 2 aromatic carbocycles. The maximum atomic E-state index is 12.6. The predicted molar refractivity (Wildman–Crippen MR) is 118 cm³/mol. The van der Waals surface area contributed by atoms with Gasteiger partial charge in [-0.25, -0.2) is 4.79 Å². The van der Waals surface area contributed by atoms with Crippen LogP contribution in [0.15, 0.2) is 54.6 Å². The zero-order chi connectivity index (χ0) is 22.1. The van der Waals surface area contributed by atoms with Crippen molar-refractivity contribution in [1.29, 1.82) is 0 Å². The molecule has 4 N–H and O–H groups in total. The second-order valence-corrected chi connectivity index (χ2v) is 7.51. The number of piperidine rings is 1. The Balaban J connectivity index is 1.56. The molecule has 2 aromatic rings. The molecule has 1 fully saturated rings. The van der Waals surface area contributed by atoms with E-state index in [0.29, 0.717) is 5.69 Å². The first-order chi connectivity index (χ1) is 15.0. The molecule has 3 rings (SSSR count). The number of benzene rings is 2. The van der Waals surface area contributed by atoms with E-state index in [1.807, 2.05) is 42.5 Å². The first kappa shape index (κ1) is 22.1. The quantitative estimate of drug-likeness (QED) is 0.603. The fourth-order valence-corrected chi connectivity index (χ4v) is 3.45. The van der Waals surface area contributed by atoms with Crippen LogP contribution in [0.2, 0.25) is 0 Å². The summed E-state index contributed by atoms with van der Waals surface area (Å²) >= 11 is 0. The van der Waals surface area contributed by atoms with Crippen molar-refractivity contribution in [3.63, 3.8) is 0 Å². The molecule has 1 heterocycles. The number of primary amides is 1. The summed E-state index contributed by atoms with van der Waals surface area (Å²) in [5, 5.41) is 5.14. The maximum absolute atomic E-state index is 12.6. The third-order valence-corrected chi connectivity index (χ3v) is 5.08. The third kappa shape index (κ3) is 7.02. The summed E-state index contributed by atoms with van der Waals surface area (Å²) in [6, 6.07) is 15.5. The van der Waals surface area contributed by atoms with Crippen molar-refractivity contribution in [3.8, 4) is 0 Å². The molecular weight excluding hydrogens is 396 g/mol. The number of rotatable bonds is 8. The lowest BCUT2D eigenvalue weighted by atomic mass is 10.1. The lowest BCUT2D eigenvalue weighted by molar-refractivity contribution is -0.123. The predicted octanol–water partition coefficient (Wildman–Crippen LogP) is 2.79. The minimum Gasteiger partial charge on any atom is -0.445 e. The van der Waals surface area contributed by atoms with E-state index in [2.05, 4.69) is 15.5 Å². The Labute approximate surface area is 181 Å². The van der Waals surface area contributed by atoms with Gasteiger partial charge >= 0.3 is 6.09 Å².